The van der Waals surface area contributed by atoms with Crippen LogP contribution in [0.25, 0.3) is 21.5 Å². The lowest BCUT2D eigenvalue weighted by Crippen LogP contribution is -2.00. The highest BCUT2D eigenvalue weighted by Gasteiger charge is 2.13. The van der Waals surface area contributed by atoms with E-state index in [4.69, 9.17) is 0 Å². The Morgan fingerprint density at radius 2 is 1.15 bits per heavy atom. The van der Waals surface area contributed by atoms with Crippen molar-refractivity contribution in [2.24, 2.45) is 0 Å². The number of phenols is 1. The minimum Gasteiger partial charge on any atom is -0.507 e. The van der Waals surface area contributed by atoms with E-state index in [1.165, 1.54) is 32.8 Å². The van der Waals surface area contributed by atoms with E-state index in [1.807, 2.05) is 13.0 Å². The molecule has 0 heterocycles. The molecule has 0 aliphatic heterocycles. The van der Waals surface area contributed by atoms with Gasteiger partial charge in [0.15, 0.2) is 0 Å². The number of benzene rings is 4. The van der Waals surface area contributed by atoms with Gasteiger partial charge in [0.05, 0.1) is 0 Å². The molecule has 0 spiro atoms. The van der Waals surface area contributed by atoms with Gasteiger partial charge >= 0.3 is 0 Å². The normalized spacial score (nSPS) is 11.3. The lowest BCUT2D eigenvalue weighted by molar-refractivity contribution is 0.465. The van der Waals surface area contributed by atoms with Crippen LogP contribution >= 0.6 is 0 Å². The van der Waals surface area contributed by atoms with Gasteiger partial charge in [0.1, 0.15) is 5.75 Å². The molecule has 0 bridgehead atoms. The number of aromatic hydroxyl groups is 1. The van der Waals surface area contributed by atoms with Crippen molar-refractivity contribution in [1.82, 2.24) is 0 Å². The number of aryl methyl sites for hydroxylation is 4. The average molecular weight is 340 g/mol. The first kappa shape index (κ1) is 16.7. The molecule has 0 radical (unpaired) electrons. The molecule has 1 nitrogen and oxygen atoms in total. The van der Waals surface area contributed by atoms with Crippen molar-refractivity contribution < 1.29 is 5.11 Å². The summed E-state index contributed by atoms with van der Waals surface area (Å²) in [6, 6.07) is 21.3. The highest BCUT2D eigenvalue weighted by molar-refractivity contribution is 5.90. The molecule has 4 aromatic carbocycles. The first-order chi connectivity index (χ1) is 12.6. The first-order valence-electron chi connectivity index (χ1n) is 9.24. The number of fused-ring (bicyclic) bond motifs is 2. The Hall–Kier alpha value is -2.80. The van der Waals surface area contributed by atoms with Gasteiger partial charge < -0.3 is 5.11 Å². The van der Waals surface area contributed by atoms with Crippen molar-refractivity contribution in [3.05, 3.63) is 88.5 Å². The van der Waals surface area contributed by atoms with E-state index < -0.39 is 0 Å². The molecule has 0 atom stereocenters. The fourth-order valence-corrected chi connectivity index (χ4v) is 4.07. The molecule has 130 valence electrons. The van der Waals surface area contributed by atoms with Gasteiger partial charge in [-0.05, 0) is 83.5 Å². The molecule has 0 saturated carbocycles. The molecule has 4 aromatic rings. The molecule has 4 rings (SSSR count). The van der Waals surface area contributed by atoms with Crippen LogP contribution in [0.1, 0.15) is 27.8 Å². The van der Waals surface area contributed by atoms with Crippen LogP contribution in [0, 0.1) is 20.8 Å². The van der Waals surface area contributed by atoms with Crippen LogP contribution in [0.2, 0.25) is 0 Å². The van der Waals surface area contributed by atoms with Crippen molar-refractivity contribution in [2.75, 3.05) is 0 Å². The van der Waals surface area contributed by atoms with Gasteiger partial charge in [-0.3, -0.25) is 0 Å². The summed E-state index contributed by atoms with van der Waals surface area (Å²) < 4.78 is 0. The largest absolute Gasteiger partial charge is 0.507 e. The SMILES string of the molecule is Cc1cc2ccccc2c(CCc2c(O)c(C)cc3ccccc23)c1C. The van der Waals surface area contributed by atoms with Crippen molar-refractivity contribution >= 4 is 21.5 Å². The first-order valence-corrected chi connectivity index (χ1v) is 9.24. The maximum atomic E-state index is 10.7. The summed E-state index contributed by atoms with van der Waals surface area (Å²) in [5.41, 5.74) is 6.10. The van der Waals surface area contributed by atoms with E-state index in [0.29, 0.717) is 5.75 Å². The summed E-state index contributed by atoms with van der Waals surface area (Å²) in [5, 5.41) is 15.7. The van der Waals surface area contributed by atoms with E-state index in [2.05, 4.69) is 68.4 Å². The third kappa shape index (κ3) is 2.74. The van der Waals surface area contributed by atoms with Crippen molar-refractivity contribution in [3.63, 3.8) is 0 Å². The van der Waals surface area contributed by atoms with Crippen LogP contribution in [0.3, 0.4) is 0 Å². The second-order valence-electron chi connectivity index (χ2n) is 7.26. The second kappa shape index (κ2) is 6.49. The number of phenolic OH excluding ortho intramolecular Hbond substituents is 1. The quantitative estimate of drug-likeness (QED) is 0.457. The molecule has 0 aromatic heterocycles. The van der Waals surface area contributed by atoms with E-state index in [0.717, 1.165) is 29.4 Å². The average Bonchev–Trinajstić information content (AvgIpc) is 2.65. The lowest BCUT2D eigenvalue weighted by atomic mass is 9.90. The zero-order chi connectivity index (χ0) is 18.3. The fraction of sp³-hybridized carbons (Fsp3) is 0.200. The van der Waals surface area contributed by atoms with Crippen LogP contribution in [0.5, 0.6) is 5.75 Å². The van der Waals surface area contributed by atoms with Gasteiger partial charge in [0, 0.05) is 5.56 Å². The minimum absolute atomic E-state index is 0.443. The Labute approximate surface area is 154 Å². The fourth-order valence-electron chi connectivity index (χ4n) is 4.07. The number of hydrogen-bond acceptors (Lipinski definition) is 1. The van der Waals surface area contributed by atoms with Gasteiger partial charge in [0.25, 0.3) is 0 Å². The molecule has 0 unspecified atom stereocenters. The Bertz CT molecular complexity index is 1030. The summed E-state index contributed by atoms with van der Waals surface area (Å²) in [4.78, 5) is 0. The van der Waals surface area contributed by atoms with Crippen LogP contribution in [-0.2, 0) is 12.8 Å². The molecule has 26 heavy (non-hydrogen) atoms. The highest BCUT2D eigenvalue weighted by Crippen LogP contribution is 2.33. The van der Waals surface area contributed by atoms with E-state index in [1.54, 1.807) is 0 Å². The standard InChI is InChI=1S/C25H24O/c1-16-14-19-8-4-6-10-22(19)21(18(16)3)12-13-24-23-11-7-5-9-20(23)15-17(2)25(24)26/h4-11,14-15,26H,12-13H2,1-3H3. The van der Waals surface area contributed by atoms with E-state index in [-0.39, 0.29) is 0 Å². The molecule has 0 fully saturated rings. The zero-order valence-electron chi connectivity index (χ0n) is 15.6. The summed E-state index contributed by atoms with van der Waals surface area (Å²) in [6.45, 7) is 6.38. The van der Waals surface area contributed by atoms with Crippen molar-refractivity contribution in [3.8, 4) is 5.75 Å². The smallest absolute Gasteiger partial charge is 0.122 e. The third-order valence-electron chi connectivity index (χ3n) is 5.64. The maximum absolute atomic E-state index is 10.7. The van der Waals surface area contributed by atoms with Gasteiger partial charge in [-0.2, -0.15) is 0 Å². The van der Waals surface area contributed by atoms with Crippen LogP contribution in [-0.4, -0.2) is 5.11 Å². The molecular weight excluding hydrogens is 316 g/mol. The number of hydrogen-bond donors (Lipinski definition) is 1. The number of rotatable bonds is 3. The molecule has 0 aliphatic carbocycles. The maximum Gasteiger partial charge on any atom is 0.122 e. The van der Waals surface area contributed by atoms with E-state index in [9.17, 15) is 5.11 Å². The molecular formula is C25H24O. The zero-order valence-corrected chi connectivity index (χ0v) is 15.6. The van der Waals surface area contributed by atoms with Crippen LogP contribution < -0.4 is 0 Å². The molecule has 1 heteroatoms. The van der Waals surface area contributed by atoms with Gasteiger partial charge in [-0.25, -0.2) is 0 Å². The molecule has 0 aliphatic rings. The minimum atomic E-state index is 0.443. The monoisotopic (exact) mass is 340 g/mol. The van der Waals surface area contributed by atoms with Gasteiger partial charge in [0.2, 0.25) is 0 Å². The predicted molar refractivity (Wildman–Crippen MR) is 111 cm³/mol. The topological polar surface area (TPSA) is 20.2 Å². The Kier molecular flexibility index (Phi) is 4.16. The van der Waals surface area contributed by atoms with Crippen molar-refractivity contribution in [1.29, 1.82) is 0 Å². The summed E-state index contributed by atoms with van der Waals surface area (Å²) in [7, 11) is 0. The third-order valence-corrected chi connectivity index (χ3v) is 5.64. The van der Waals surface area contributed by atoms with E-state index >= 15 is 0 Å². The summed E-state index contributed by atoms with van der Waals surface area (Å²) in [6.07, 6.45) is 1.76. The summed E-state index contributed by atoms with van der Waals surface area (Å²) in [5.74, 6) is 0.443. The molecule has 0 amide bonds. The summed E-state index contributed by atoms with van der Waals surface area (Å²) >= 11 is 0. The van der Waals surface area contributed by atoms with Crippen LogP contribution in [0.15, 0.2) is 60.7 Å². The predicted octanol–water partition coefficient (Wildman–Crippen LogP) is 6.41. The molecule has 0 saturated heterocycles. The second-order valence-corrected chi connectivity index (χ2v) is 7.26. The van der Waals surface area contributed by atoms with Gasteiger partial charge in [-0.1, -0.05) is 54.6 Å². The Morgan fingerprint density at radius 3 is 1.81 bits per heavy atom. The molecule has 1 N–H and O–H groups in total. The van der Waals surface area contributed by atoms with Crippen molar-refractivity contribution in [2.45, 2.75) is 33.6 Å². The Morgan fingerprint density at radius 1 is 0.654 bits per heavy atom. The Balaban J connectivity index is 1.82. The lowest BCUT2D eigenvalue weighted by Gasteiger charge is -2.16. The highest BCUT2D eigenvalue weighted by atomic mass is 16.3. The van der Waals surface area contributed by atoms with Gasteiger partial charge in [-0.15, -0.1) is 0 Å². The van der Waals surface area contributed by atoms with Crippen LogP contribution in [0.4, 0.5) is 0 Å².